The first-order chi connectivity index (χ1) is 17.2. The molecule has 1 fully saturated rings. The number of rotatable bonds is 10. The largest absolute Gasteiger partial charge is 0.496 e. The minimum Gasteiger partial charge on any atom is -0.491 e. The highest BCUT2D eigenvalue weighted by Crippen LogP contribution is 2.37. The molecule has 0 radical (unpaired) electrons. The average molecular weight is 530 g/mol. The molecule has 0 atom stereocenters. The quantitative estimate of drug-likeness (QED) is 0.190. The van der Waals surface area contributed by atoms with E-state index in [1.165, 1.54) is 0 Å². The Kier molecular flexibility index (Phi) is 8.99. The van der Waals surface area contributed by atoms with E-state index in [1.807, 2.05) is 72.7 Å². The van der Waals surface area contributed by atoms with Crippen LogP contribution >= 0.6 is 11.6 Å². The molecule has 3 rings (SSSR count). The van der Waals surface area contributed by atoms with Crippen LogP contribution in [0.25, 0.3) is 0 Å². The normalized spacial score (nSPS) is 16.4. The first-order valence-corrected chi connectivity index (χ1v) is 12.9. The Morgan fingerprint density at radius 2 is 1.68 bits per heavy atom. The van der Waals surface area contributed by atoms with Crippen LogP contribution < -0.4 is 15.5 Å². The van der Waals surface area contributed by atoms with E-state index in [2.05, 4.69) is 5.32 Å². The number of carbonyl (C=O) groups excluding carboxylic acids is 2. The van der Waals surface area contributed by atoms with Crippen LogP contribution in [0.2, 0.25) is 5.02 Å². The standard InChI is InChI=1S/C28H37BClNO6/c1-26(2,3)35-25(33)13-10-16-34-24-12-9-8-11-22(24)31-18-23(32)19-14-15-21(30)20(17-19)29-36-27(4,5)28(6,7)37-29/h8-9,11-12,14-15,17,31H,10,13,16,18H2,1-7H3. The Labute approximate surface area is 225 Å². The summed E-state index contributed by atoms with van der Waals surface area (Å²) in [7, 11) is -0.659. The fraction of sp³-hybridized carbons (Fsp3) is 0.500. The molecule has 0 saturated carbocycles. The number of carbonyl (C=O) groups is 2. The Hall–Kier alpha value is -2.55. The number of nitrogens with one attached hydrogen (secondary N) is 1. The van der Waals surface area contributed by atoms with Crippen LogP contribution in [0.4, 0.5) is 5.69 Å². The maximum atomic E-state index is 13.0. The van der Waals surface area contributed by atoms with E-state index >= 15 is 0 Å². The van der Waals surface area contributed by atoms with Gasteiger partial charge in [-0.05, 0) is 79.2 Å². The number of Topliss-reactive ketones (excluding diaryl/α,β-unsaturated/α-hetero) is 1. The van der Waals surface area contributed by atoms with Crippen molar-refractivity contribution in [1.29, 1.82) is 0 Å². The smallest absolute Gasteiger partial charge is 0.491 e. The molecule has 1 aliphatic rings. The molecule has 2 aromatic carbocycles. The molecule has 0 amide bonds. The van der Waals surface area contributed by atoms with Gasteiger partial charge in [0.05, 0.1) is 30.0 Å². The third-order valence-electron chi connectivity index (χ3n) is 6.35. The van der Waals surface area contributed by atoms with Crippen LogP contribution in [0, 0.1) is 0 Å². The number of ketones is 1. The van der Waals surface area contributed by atoms with Gasteiger partial charge in [-0.1, -0.05) is 29.8 Å². The third kappa shape index (κ3) is 7.73. The summed E-state index contributed by atoms with van der Waals surface area (Å²) in [5.41, 5.74) is 0.277. The van der Waals surface area contributed by atoms with Gasteiger partial charge in [0, 0.05) is 22.5 Å². The minimum atomic E-state index is -0.659. The van der Waals surface area contributed by atoms with Gasteiger partial charge in [0.2, 0.25) is 0 Å². The SMILES string of the molecule is CC(C)(C)OC(=O)CCCOc1ccccc1NCC(=O)c1ccc(Cl)c(B2OC(C)(C)C(C)(C)O2)c1. The molecule has 0 aliphatic carbocycles. The van der Waals surface area contributed by atoms with Gasteiger partial charge in [0.15, 0.2) is 5.78 Å². The molecule has 1 N–H and O–H groups in total. The van der Waals surface area contributed by atoms with E-state index in [-0.39, 0.29) is 24.7 Å². The first-order valence-electron chi connectivity index (χ1n) is 12.5. The molecule has 1 saturated heterocycles. The number of anilines is 1. The number of hydrogen-bond donors (Lipinski definition) is 1. The Balaban J connectivity index is 1.59. The van der Waals surface area contributed by atoms with Crippen LogP contribution in [-0.2, 0) is 18.8 Å². The summed E-state index contributed by atoms with van der Waals surface area (Å²) in [4.78, 5) is 24.9. The van der Waals surface area contributed by atoms with Crippen molar-refractivity contribution in [3.05, 3.63) is 53.1 Å². The highest BCUT2D eigenvalue weighted by Gasteiger charge is 2.52. The van der Waals surface area contributed by atoms with E-state index in [0.717, 1.165) is 0 Å². The maximum Gasteiger partial charge on any atom is 0.496 e. The lowest BCUT2D eigenvalue weighted by atomic mass is 9.78. The molecule has 0 bridgehead atoms. The van der Waals surface area contributed by atoms with Crippen LogP contribution in [0.3, 0.4) is 0 Å². The van der Waals surface area contributed by atoms with Gasteiger partial charge in [-0.2, -0.15) is 0 Å². The highest BCUT2D eigenvalue weighted by molar-refractivity contribution is 6.65. The fourth-order valence-corrected chi connectivity index (χ4v) is 3.88. The number of hydrogen-bond acceptors (Lipinski definition) is 7. The fourth-order valence-electron chi connectivity index (χ4n) is 3.68. The first kappa shape index (κ1) is 29.0. The highest BCUT2D eigenvalue weighted by atomic mass is 35.5. The van der Waals surface area contributed by atoms with Crippen molar-refractivity contribution in [2.75, 3.05) is 18.5 Å². The lowest BCUT2D eigenvalue weighted by molar-refractivity contribution is -0.155. The number of benzene rings is 2. The molecule has 0 aromatic heterocycles. The summed E-state index contributed by atoms with van der Waals surface area (Å²) < 4.78 is 23.4. The number of para-hydroxylation sites is 2. The topological polar surface area (TPSA) is 83.1 Å². The second-order valence-corrected chi connectivity index (χ2v) is 11.5. The second kappa shape index (κ2) is 11.5. The molecule has 0 unspecified atom stereocenters. The van der Waals surface area contributed by atoms with Crippen molar-refractivity contribution in [3.8, 4) is 5.75 Å². The number of halogens is 1. The summed E-state index contributed by atoms with van der Waals surface area (Å²) >= 11 is 6.44. The van der Waals surface area contributed by atoms with Crippen molar-refractivity contribution in [1.82, 2.24) is 0 Å². The van der Waals surface area contributed by atoms with Crippen LogP contribution in [0.15, 0.2) is 42.5 Å². The van der Waals surface area contributed by atoms with Crippen LogP contribution in [0.5, 0.6) is 5.75 Å². The number of esters is 1. The summed E-state index contributed by atoms with van der Waals surface area (Å²) in [6.07, 6.45) is 0.793. The van der Waals surface area contributed by atoms with Gasteiger partial charge in [-0.3, -0.25) is 9.59 Å². The van der Waals surface area contributed by atoms with Gasteiger partial charge in [-0.15, -0.1) is 0 Å². The van der Waals surface area contributed by atoms with E-state index in [9.17, 15) is 9.59 Å². The molecule has 1 aliphatic heterocycles. The van der Waals surface area contributed by atoms with Gasteiger partial charge in [0.1, 0.15) is 11.4 Å². The molecule has 2 aromatic rings. The second-order valence-electron chi connectivity index (χ2n) is 11.1. The minimum absolute atomic E-state index is 0.0583. The molecule has 200 valence electrons. The predicted octanol–water partition coefficient (Wildman–Crippen LogP) is 5.43. The molecule has 0 spiro atoms. The molecule has 9 heteroatoms. The third-order valence-corrected chi connectivity index (χ3v) is 6.70. The molecular formula is C28H37BClNO6. The summed E-state index contributed by atoms with van der Waals surface area (Å²) in [6, 6.07) is 12.5. The number of ether oxygens (including phenoxy) is 2. The van der Waals surface area contributed by atoms with E-state index in [0.29, 0.717) is 40.5 Å². The van der Waals surface area contributed by atoms with Gasteiger partial charge >= 0.3 is 13.1 Å². The van der Waals surface area contributed by atoms with Gasteiger partial charge in [-0.25, -0.2) is 0 Å². The maximum absolute atomic E-state index is 13.0. The van der Waals surface area contributed by atoms with Crippen molar-refractivity contribution in [3.63, 3.8) is 0 Å². The summed E-state index contributed by atoms with van der Waals surface area (Å²) in [5.74, 6) is 0.235. The molecular weight excluding hydrogens is 493 g/mol. The Morgan fingerprint density at radius 3 is 2.32 bits per heavy atom. The van der Waals surface area contributed by atoms with Gasteiger partial charge in [0.25, 0.3) is 0 Å². The van der Waals surface area contributed by atoms with Crippen LogP contribution in [-0.4, -0.2) is 48.8 Å². The monoisotopic (exact) mass is 529 g/mol. The zero-order valence-corrected chi connectivity index (χ0v) is 23.5. The van der Waals surface area contributed by atoms with Crippen molar-refractivity contribution >= 4 is 41.6 Å². The molecule has 7 nitrogen and oxygen atoms in total. The Bertz CT molecular complexity index is 1110. The van der Waals surface area contributed by atoms with Crippen molar-refractivity contribution in [2.45, 2.75) is 78.1 Å². The lowest BCUT2D eigenvalue weighted by Gasteiger charge is -2.32. The summed E-state index contributed by atoms with van der Waals surface area (Å²) in [6.45, 7) is 13.8. The summed E-state index contributed by atoms with van der Waals surface area (Å²) in [5, 5.41) is 3.64. The molecule has 1 heterocycles. The Morgan fingerprint density at radius 1 is 1.03 bits per heavy atom. The van der Waals surface area contributed by atoms with E-state index in [1.54, 1.807) is 18.2 Å². The zero-order chi connectivity index (χ0) is 27.4. The van der Waals surface area contributed by atoms with Crippen LogP contribution in [0.1, 0.15) is 71.7 Å². The van der Waals surface area contributed by atoms with E-state index in [4.69, 9.17) is 30.4 Å². The van der Waals surface area contributed by atoms with Crippen molar-refractivity contribution < 1.29 is 28.4 Å². The van der Waals surface area contributed by atoms with Gasteiger partial charge < -0.3 is 24.1 Å². The van der Waals surface area contributed by atoms with Crippen molar-refractivity contribution in [2.24, 2.45) is 0 Å². The molecule has 37 heavy (non-hydrogen) atoms. The lowest BCUT2D eigenvalue weighted by Crippen LogP contribution is -2.41. The zero-order valence-electron chi connectivity index (χ0n) is 22.8. The average Bonchev–Trinajstić information content (AvgIpc) is 3.01. The van der Waals surface area contributed by atoms with E-state index < -0.39 is 23.9 Å². The predicted molar refractivity (Wildman–Crippen MR) is 147 cm³/mol.